The molecule has 0 aliphatic carbocycles. The Morgan fingerprint density at radius 3 is 2.36 bits per heavy atom. The summed E-state index contributed by atoms with van der Waals surface area (Å²) >= 11 is 0. The van der Waals surface area contributed by atoms with E-state index in [-0.39, 0.29) is 0 Å². The second-order valence-corrected chi connectivity index (χ2v) is 4.73. The van der Waals surface area contributed by atoms with Gasteiger partial charge < -0.3 is 9.47 Å². The zero-order valence-electron chi connectivity index (χ0n) is 12.6. The van der Waals surface area contributed by atoms with Crippen LogP contribution >= 0.6 is 0 Å². The van der Waals surface area contributed by atoms with Gasteiger partial charge in [-0.15, -0.1) is 0 Å². The van der Waals surface area contributed by atoms with Gasteiger partial charge in [0.05, 0.1) is 20.3 Å². The Kier molecular flexibility index (Phi) is 5.09. The first kappa shape index (κ1) is 15.9. The molecule has 0 radical (unpaired) electrons. The molecule has 2 aromatic rings. The number of benzene rings is 2. The van der Waals surface area contributed by atoms with Crippen LogP contribution in [0.2, 0.25) is 0 Å². The van der Waals surface area contributed by atoms with Gasteiger partial charge in [-0.2, -0.15) is 0 Å². The molecule has 0 aliphatic rings. The molecule has 1 unspecified atom stereocenters. The molecule has 0 fully saturated rings. The lowest BCUT2D eigenvalue weighted by atomic mass is 10.1. The minimum absolute atomic E-state index is 0.345. The molecule has 0 aromatic heterocycles. The lowest BCUT2D eigenvalue weighted by Crippen LogP contribution is -1.97. The standard InChI is InChI=1S/C17H17F2NO2/c1-11(14-6-5-13(18)9-15(14)19)20-10-12-4-7-16(21-2)17(8-12)22-3/h4-11H,1-3H3. The highest BCUT2D eigenvalue weighted by atomic mass is 19.1. The predicted molar refractivity (Wildman–Crippen MR) is 81.9 cm³/mol. The van der Waals surface area contributed by atoms with Gasteiger partial charge in [-0.05, 0) is 36.8 Å². The molecule has 2 rings (SSSR count). The Labute approximate surface area is 128 Å². The fraction of sp³-hybridized carbons (Fsp3) is 0.235. The predicted octanol–water partition coefficient (Wildman–Crippen LogP) is 4.16. The molecule has 0 heterocycles. The summed E-state index contributed by atoms with van der Waals surface area (Å²) in [5.41, 5.74) is 1.14. The van der Waals surface area contributed by atoms with Crippen LogP contribution in [-0.2, 0) is 0 Å². The minimum Gasteiger partial charge on any atom is -0.493 e. The van der Waals surface area contributed by atoms with Gasteiger partial charge in [0, 0.05) is 17.8 Å². The lowest BCUT2D eigenvalue weighted by Gasteiger charge is -2.09. The molecular weight excluding hydrogens is 288 g/mol. The Balaban J connectivity index is 2.20. The third-order valence-electron chi connectivity index (χ3n) is 3.27. The zero-order valence-corrected chi connectivity index (χ0v) is 12.6. The number of hydrogen-bond donors (Lipinski definition) is 0. The maximum absolute atomic E-state index is 13.7. The van der Waals surface area contributed by atoms with Crippen LogP contribution in [0.3, 0.4) is 0 Å². The van der Waals surface area contributed by atoms with Crippen molar-refractivity contribution in [2.75, 3.05) is 14.2 Å². The van der Waals surface area contributed by atoms with Gasteiger partial charge in [0.1, 0.15) is 11.6 Å². The minimum atomic E-state index is -0.600. The van der Waals surface area contributed by atoms with E-state index in [1.165, 1.54) is 12.1 Å². The summed E-state index contributed by atoms with van der Waals surface area (Å²) < 4.78 is 37.0. The van der Waals surface area contributed by atoms with Crippen LogP contribution in [0.1, 0.15) is 24.1 Å². The van der Waals surface area contributed by atoms with Crippen molar-refractivity contribution in [2.45, 2.75) is 13.0 Å². The number of hydrogen-bond acceptors (Lipinski definition) is 3. The first-order chi connectivity index (χ1) is 10.5. The second kappa shape index (κ2) is 7.02. The summed E-state index contributed by atoms with van der Waals surface area (Å²) in [4.78, 5) is 4.30. The van der Waals surface area contributed by atoms with Crippen molar-refractivity contribution < 1.29 is 18.3 Å². The quantitative estimate of drug-likeness (QED) is 0.777. The molecular formula is C17H17F2NO2. The monoisotopic (exact) mass is 305 g/mol. The van der Waals surface area contributed by atoms with E-state index in [1.54, 1.807) is 39.5 Å². The van der Waals surface area contributed by atoms with Crippen LogP contribution in [-0.4, -0.2) is 20.4 Å². The molecule has 0 saturated carbocycles. The molecule has 1 atom stereocenters. The van der Waals surface area contributed by atoms with Gasteiger partial charge >= 0.3 is 0 Å². The number of methoxy groups -OCH3 is 2. The van der Waals surface area contributed by atoms with Crippen LogP contribution in [0.25, 0.3) is 0 Å². The SMILES string of the molecule is COc1ccc(C=NC(C)c2ccc(F)cc2F)cc1OC. The summed E-state index contributed by atoms with van der Waals surface area (Å²) in [6, 6.07) is 8.42. The number of halogens is 2. The molecule has 0 bridgehead atoms. The van der Waals surface area contributed by atoms with Crippen LogP contribution in [0.4, 0.5) is 8.78 Å². The van der Waals surface area contributed by atoms with Gasteiger partial charge in [0.2, 0.25) is 0 Å². The van der Waals surface area contributed by atoms with Crippen LogP contribution < -0.4 is 9.47 Å². The van der Waals surface area contributed by atoms with Gasteiger partial charge in [-0.1, -0.05) is 6.07 Å². The first-order valence-corrected chi connectivity index (χ1v) is 6.75. The Bertz CT molecular complexity index is 686. The van der Waals surface area contributed by atoms with Crippen molar-refractivity contribution in [3.8, 4) is 11.5 Å². The summed E-state index contributed by atoms with van der Waals surface area (Å²) in [6.45, 7) is 1.74. The molecule has 22 heavy (non-hydrogen) atoms. The molecule has 3 nitrogen and oxygen atoms in total. The molecule has 0 spiro atoms. The third kappa shape index (κ3) is 3.61. The van der Waals surface area contributed by atoms with E-state index in [9.17, 15) is 8.78 Å². The molecule has 5 heteroatoms. The van der Waals surface area contributed by atoms with Crippen molar-refractivity contribution in [1.82, 2.24) is 0 Å². The van der Waals surface area contributed by atoms with Crippen LogP contribution in [0.15, 0.2) is 41.4 Å². The van der Waals surface area contributed by atoms with Crippen molar-refractivity contribution in [2.24, 2.45) is 4.99 Å². The molecule has 0 aliphatic heterocycles. The summed E-state index contributed by atoms with van der Waals surface area (Å²) in [7, 11) is 3.11. The summed E-state index contributed by atoms with van der Waals surface area (Å²) in [5.74, 6) is 0.0126. The lowest BCUT2D eigenvalue weighted by molar-refractivity contribution is 0.355. The van der Waals surface area contributed by atoms with E-state index in [0.717, 1.165) is 11.6 Å². The molecule has 0 amide bonds. The Morgan fingerprint density at radius 1 is 1.00 bits per heavy atom. The highest BCUT2D eigenvalue weighted by Crippen LogP contribution is 2.27. The van der Waals surface area contributed by atoms with E-state index in [4.69, 9.17) is 9.47 Å². The first-order valence-electron chi connectivity index (χ1n) is 6.75. The van der Waals surface area contributed by atoms with Crippen LogP contribution in [0, 0.1) is 11.6 Å². The fourth-order valence-corrected chi connectivity index (χ4v) is 2.05. The summed E-state index contributed by atoms with van der Waals surface area (Å²) in [6.07, 6.45) is 1.62. The maximum Gasteiger partial charge on any atom is 0.161 e. The fourth-order valence-electron chi connectivity index (χ4n) is 2.05. The average Bonchev–Trinajstić information content (AvgIpc) is 2.52. The van der Waals surface area contributed by atoms with E-state index in [1.807, 2.05) is 6.07 Å². The van der Waals surface area contributed by atoms with E-state index in [2.05, 4.69) is 4.99 Å². The normalized spacial score (nSPS) is 12.4. The van der Waals surface area contributed by atoms with Crippen molar-refractivity contribution in [3.63, 3.8) is 0 Å². The van der Waals surface area contributed by atoms with Crippen molar-refractivity contribution >= 4 is 6.21 Å². The zero-order chi connectivity index (χ0) is 16.1. The highest BCUT2D eigenvalue weighted by molar-refractivity contribution is 5.81. The van der Waals surface area contributed by atoms with Crippen LogP contribution in [0.5, 0.6) is 11.5 Å². The largest absolute Gasteiger partial charge is 0.493 e. The van der Waals surface area contributed by atoms with Crippen molar-refractivity contribution in [3.05, 3.63) is 59.2 Å². The maximum atomic E-state index is 13.7. The number of rotatable bonds is 5. The van der Waals surface area contributed by atoms with E-state index < -0.39 is 17.7 Å². The average molecular weight is 305 g/mol. The molecule has 0 saturated heterocycles. The topological polar surface area (TPSA) is 30.8 Å². The smallest absolute Gasteiger partial charge is 0.161 e. The third-order valence-corrected chi connectivity index (χ3v) is 3.27. The van der Waals surface area contributed by atoms with Gasteiger partial charge in [-0.3, -0.25) is 4.99 Å². The summed E-state index contributed by atoms with van der Waals surface area (Å²) in [5, 5.41) is 0. The molecule has 0 N–H and O–H groups in total. The number of nitrogens with zero attached hydrogens (tertiary/aromatic N) is 1. The molecule has 2 aromatic carbocycles. The Hall–Kier alpha value is -2.43. The molecule has 116 valence electrons. The highest BCUT2D eigenvalue weighted by Gasteiger charge is 2.10. The number of aliphatic imine (C=N–C) groups is 1. The second-order valence-electron chi connectivity index (χ2n) is 4.73. The number of ether oxygens (including phenoxy) is 2. The Morgan fingerprint density at radius 2 is 1.73 bits per heavy atom. The van der Waals surface area contributed by atoms with E-state index >= 15 is 0 Å². The van der Waals surface area contributed by atoms with Gasteiger partial charge in [0.15, 0.2) is 11.5 Å². The van der Waals surface area contributed by atoms with Crippen molar-refractivity contribution in [1.29, 1.82) is 0 Å². The van der Waals surface area contributed by atoms with E-state index in [0.29, 0.717) is 17.1 Å². The van der Waals surface area contributed by atoms with Gasteiger partial charge in [0.25, 0.3) is 0 Å². The van der Waals surface area contributed by atoms with Gasteiger partial charge in [-0.25, -0.2) is 8.78 Å².